The Labute approximate surface area is 199 Å². The summed E-state index contributed by atoms with van der Waals surface area (Å²) in [5.74, 6) is -0.493. The molecule has 34 heavy (non-hydrogen) atoms. The minimum absolute atomic E-state index is 0.0308. The van der Waals surface area contributed by atoms with Crippen LogP contribution >= 0.6 is 0 Å². The Bertz CT molecular complexity index is 1140. The second-order valence-corrected chi connectivity index (χ2v) is 10.9. The molecular weight excluding hydrogens is 434 g/mol. The van der Waals surface area contributed by atoms with Crippen molar-refractivity contribution < 1.29 is 19.1 Å². The fourth-order valence-electron chi connectivity index (χ4n) is 6.13. The van der Waals surface area contributed by atoms with Crippen molar-refractivity contribution in [3.05, 3.63) is 30.0 Å². The molecule has 2 unspecified atom stereocenters. The van der Waals surface area contributed by atoms with Gasteiger partial charge in [0, 0.05) is 24.6 Å². The van der Waals surface area contributed by atoms with E-state index in [1.54, 1.807) is 24.1 Å². The molecular formula is C25H33N5O4. The maximum absolute atomic E-state index is 13.4. The third kappa shape index (κ3) is 4.17. The lowest BCUT2D eigenvalue weighted by molar-refractivity contribution is -0.141. The molecule has 0 bridgehead atoms. The Kier molecular flexibility index (Phi) is 5.62. The maximum atomic E-state index is 13.4. The van der Waals surface area contributed by atoms with E-state index in [4.69, 9.17) is 10.5 Å². The molecule has 2 aromatic rings. The lowest BCUT2D eigenvalue weighted by atomic mass is 9.73. The fourth-order valence-corrected chi connectivity index (χ4v) is 6.13. The number of methoxy groups -OCH3 is 1. The van der Waals surface area contributed by atoms with E-state index in [0.717, 1.165) is 25.7 Å². The summed E-state index contributed by atoms with van der Waals surface area (Å²) >= 11 is 0. The molecule has 2 aliphatic carbocycles. The molecule has 1 aliphatic heterocycles. The van der Waals surface area contributed by atoms with Gasteiger partial charge in [0.1, 0.15) is 12.6 Å². The van der Waals surface area contributed by atoms with Crippen molar-refractivity contribution in [1.29, 1.82) is 0 Å². The van der Waals surface area contributed by atoms with Gasteiger partial charge >= 0.3 is 0 Å². The van der Waals surface area contributed by atoms with Gasteiger partial charge < -0.3 is 20.7 Å². The highest BCUT2D eigenvalue weighted by atomic mass is 16.5. The number of aromatic nitrogens is 2. The van der Waals surface area contributed by atoms with Gasteiger partial charge in [-0.1, -0.05) is 32.0 Å². The van der Waals surface area contributed by atoms with Crippen LogP contribution in [0.1, 0.15) is 56.4 Å². The number of amides is 3. The van der Waals surface area contributed by atoms with E-state index in [1.807, 2.05) is 12.1 Å². The SMILES string of the molecule is COC1CC(NC(=O)[C@@H]2C[C@H]3C[C@H]3N2C(=O)Cn2nc(C(N)=O)c3ccccc32)CC(C)(C)C1. The summed E-state index contributed by atoms with van der Waals surface area (Å²) in [6.45, 7) is 4.36. The molecule has 0 radical (unpaired) electrons. The number of benzene rings is 1. The summed E-state index contributed by atoms with van der Waals surface area (Å²) in [4.78, 5) is 40.4. The quantitative estimate of drug-likeness (QED) is 0.672. The third-order valence-corrected chi connectivity index (χ3v) is 7.68. The molecule has 1 aromatic heterocycles. The number of carbonyl (C=O) groups excluding carboxylic acids is 3. The summed E-state index contributed by atoms with van der Waals surface area (Å²) in [6, 6.07) is 6.88. The van der Waals surface area contributed by atoms with Crippen molar-refractivity contribution in [2.24, 2.45) is 17.1 Å². The van der Waals surface area contributed by atoms with Gasteiger partial charge in [-0.25, -0.2) is 0 Å². The topological polar surface area (TPSA) is 120 Å². The number of nitrogens with one attached hydrogen (secondary N) is 1. The number of primary amides is 1. The first-order chi connectivity index (χ1) is 16.2. The normalized spacial score (nSPS) is 29.6. The van der Waals surface area contributed by atoms with E-state index in [2.05, 4.69) is 24.3 Å². The second-order valence-electron chi connectivity index (χ2n) is 10.9. The number of likely N-dealkylation sites (tertiary alicyclic amines) is 1. The zero-order valence-electron chi connectivity index (χ0n) is 20.0. The molecule has 2 saturated carbocycles. The summed E-state index contributed by atoms with van der Waals surface area (Å²) in [5, 5.41) is 8.16. The first-order valence-electron chi connectivity index (χ1n) is 12.1. The van der Waals surface area contributed by atoms with E-state index < -0.39 is 11.9 Å². The molecule has 3 aliphatic rings. The number of fused-ring (bicyclic) bond motifs is 2. The monoisotopic (exact) mass is 467 g/mol. The van der Waals surface area contributed by atoms with Gasteiger partial charge in [-0.15, -0.1) is 0 Å². The van der Waals surface area contributed by atoms with Gasteiger partial charge in [0.2, 0.25) is 11.8 Å². The second kappa shape index (κ2) is 8.37. The minimum atomic E-state index is -0.632. The van der Waals surface area contributed by atoms with Gasteiger partial charge in [0.15, 0.2) is 5.69 Å². The number of carbonyl (C=O) groups is 3. The van der Waals surface area contributed by atoms with Crippen molar-refractivity contribution in [2.75, 3.05) is 7.11 Å². The Balaban J connectivity index is 1.32. The van der Waals surface area contributed by atoms with Crippen LogP contribution in [0.3, 0.4) is 0 Å². The molecule has 3 N–H and O–H groups in total. The molecule has 5 atom stereocenters. The molecule has 3 amide bonds. The van der Waals surface area contributed by atoms with Crippen molar-refractivity contribution in [3.63, 3.8) is 0 Å². The van der Waals surface area contributed by atoms with Crippen LogP contribution in [0.5, 0.6) is 0 Å². The molecule has 9 nitrogen and oxygen atoms in total. The Hall–Kier alpha value is -2.94. The van der Waals surface area contributed by atoms with E-state index >= 15 is 0 Å². The number of nitrogens with two attached hydrogens (primary N) is 1. The Morgan fingerprint density at radius 3 is 2.68 bits per heavy atom. The summed E-state index contributed by atoms with van der Waals surface area (Å²) in [5.41, 5.74) is 6.40. The number of hydrogen-bond acceptors (Lipinski definition) is 5. The van der Waals surface area contributed by atoms with Gasteiger partial charge in [-0.3, -0.25) is 19.1 Å². The van der Waals surface area contributed by atoms with Crippen LogP contribution in [0.2, 0.25) is 0 Å². The zero-order chi connectivity index (χ0) is 24.2. The molecule has 2 heterocycles. The predicted molar refractivity (Wildman–Crippen MR) is 126 cm³/mol. The average Bonchev–Trinajstić information content (AvgIpc) is 3.28. The molecule has 3 fully saturated rings. The van der Waals surface area contributed by atoms with E-state index in [9.17, 15) is 14.4 Å². The third-order valence-electron chi connectivity index (χ3n) is 7.68. The molecule has 9 heteroatoms. The molecule has 1 aromatic carbocycles. The molecule has 1 saturated heterocycles. The minimum Gasteiger partial charge on any atom is -0.381 e. The largest absolute Gasteiger partial charge is 0.381 e. The zero-order valence-corrected chi connectivity index (χ0v) is 20.0. The summed E-state index contributed by atoms with van der Waals surface area (Å²) in [7, 11) is 1.72. The van der Waals surface area contributed by atoms with Crippen LogP contribution in [0.25, 0.3) is 10.9 Å². The van der Waals surface area contributed by atoms with Gasteiger partial charge in [0.25, 0.3) is 5.91 Å². The van der Waals surface area contributed by atoms with E-state index in [0.29, 0.717) is 23.2 Å². The smallest absolute Gasteiger partial charge is 0.269 e. The van der Waals surface area contributed by atoms with Crippen LogP contribution in [-0.4, -0.2) is 63.7 Å². The summed E-state index contributed by atoms with van der Waals surface area (Å²) < 4.78 is 7.13. The molecule has 0 spiro atoms. The maximum Gasteiger partial charge on any atom is 0.269 e. The Morgan fingerprint density at radius 2 is 1.94 bits per heavy atom. The molecule has 5 rings (SSSR count). The fraction of sp³-hybridized carbons (Fsp3) is 0.600. The standard InChI is InChI=1S/C25H33N5O4/c1-25(2)11-15(10-16(12-25)34-3)27-24(33)20-9-14-8-19(14)30(20)21(31)13-29-18-7-5-4-6-17(18)22(28-29)23(26)32/h4-7,14-16,19-20H,8-13H2,1-3H3,(H2,26,32)(H,27,33)/t14-,15?,16?,19-,20+/m1/s1. The number of rotatable bonds is 6. The van der Waals surface area contributed by atoms with Crippen LogP contribution in [0, 0.1) is 11.3 Å². The lowest BCUT2D eigenvalue weighted by Gasteiger charge is -2.40. The number of nitrogens with zero attached hydrogens (tertiary/aromatic N) is 3. The van der Waals surface area contributed by atoms with Crippen molar-refractivity contribution in [1.82, 2.24) is 20.0 Å². The number of hydrogen-bond donors (Lipinski definition) is 2. The van der Waals surface area contributed by atoms with Crippen molar-refractivity contribution in [3.8, 4) is 0 Å². The number of para-hydroxylation sites is 1. The summed E-state index contributed by atoms with van der Waals surface area (Å²) in [6.07, 6.45) is 4.40. The van der Waals surface area contributed by atoms with Crippen molar-refractivity contribution in [2.45, 2.75) is 76.7 Å². The highest BCUT2D eigenvalue weighted by Gasteiger charge is 2.56. The van der Waals surface area contributed by atoms with Gasteiger partial charge in [-0.2, -0.15) is 5.10 Å². The van der Waals surface area contributed by atoms with Crippen LogP contribution < -0.4 is 11.1 Å². The van der Waals surface area contributed by atoms with Crippen LogP contribution in [0.15, 0.2) is 24.3 Å². The van der Waals surface area contributed by atoms with Crippen LogP contribution in [0.4, 0.5) is 0 Å². The van der Waals surface area contributed by atoms with Gasteiger partial charge in [-0.05, 0) is 49.5 Å². The lowest BCUT2D eigenvalue weighted by Crippen LogP contribution is -2.53. The average molecular weight is 468 g/mol. The van der Waals surface area contributed by atoms with Gasteiger partial charge in [0.05, 0.1) is 11.6 Å². The highest BCUT2D eigenvalue weighted by Crippen LogP contribution is 2.48. The van der Waals surface area contributed by atoms with Crippen molar-refractivity contribution >= 4 is 28.6 Å². The number of piperidine rings is 1. The Morgan fingerprint density at radius 1 is 1.18 bits per heavy atom. The highest BCUT2D eigenvalue weighted by molar-refractivity contribution is 6.04. The first-order valence-corrected chi connectivity index (χ1v) is 12.1. The predicted octanol–water partition coefficient (Wildman–Crippen LogP) is 1.83. The van der Waals surface area contributed by atoms with E-state index in [1.165, 1.54) is 4.68 Å². The molecule has 182 valence electrons. The first kappa shape index (κ1) is 22.8. The van der Waals surface area contributed by atoms with Crippen LogP contribution in [-0.2, 0) is 20.9 Å². The van der Waals surface area contributed by atoms with E-state index in [-0.39, 0.29) is 47.7 Å². The number of ether oxygens (including phenoxy) is 1.